The van der Waals surface area contributed by atoms with Gasteiger partial charge in [-0.2, -0.15) is 8.42 Å². The molecular formula is C6H14O10S. The van der Waals surface area contributed by atoms with E-state index >= 15 is 0 Å². The second-order valence-electron chi connectivity index (χ2n) is 3.39. The van der Waals surface area contributed by atoms with E-state index in [1.807, 2.05) is 0 Å². The van der Waals surface area contributed by atoms with Crippen LogP contribution in [0.3, 0.4) is 0 Å². The molecule has 0 atom stereocenters. The summed E-state index contributed by atoms with van der Waals surface area (Å²) in [7, 11) is -4.67. The molecule has 0 aromatic rings. The van der Waals surface area contributed by atoms with E-state index in [-0.39, 0.29) is 0 Å². The summed E-state index contributed by atoms with van der Waals surface area (Å²) in [4.78, 5) is 0. The lowest BCUT2D eigenvalue weighted by molar-refractivity contribution is -0.223. The fourth-order valence-corrected chi connectivity index (χ4v) is 1.21. The number of rotatable bonds is 0. The SMILES string of the molecule is O=S(=O)(O)O.OC1C(O)C(O)C(O)C(O)C1O. The van der Waals surface area contributed by atoms with Gasteiger partial charge in [0.05, 0.1) is 0 Å². The average molecular weight is 278 g/mol. The number of aliphatic hydroxyl groups is 6. The second kappa shape index (κ2) is 5.99. The Hall–Kier alpha value is -0.370. The summed E-state index contributed by atoms with van der Waals surface area (Å²) < 4.78 is 31.6. The van der Waals surface area contributed by atoms with E-state index < -0.39 is 47.0 Å². The third-order valence-corrected chi connectivity index (χ3v) is 2.10. The van der Waals surface area contributed by atoms with E-state index in [4.69, 9.17) is 48.2 Å². The Labute approximate surface area is 96.0 Å². The third kappa shape index (κ3) is 5.20. The zero-order chi connectivity index (χ0) is 14.0. The Bertz CT molecular complexity index is 261. The minimum Gasteiger partial charge on any atom is -0.387 e. The molecule has 1 aliphatic rings. The number of hydrogen-bond acceptors (Lipinski definition) is 8. The molecule has 0 bridgehead atoms. The number of aliphatic hydroxyl groups excluding tert-OH is 6. The highest BCUT2D eigenvalue weighted by Gasteiger charge is 2.47. The molecule has 0 heterocycles. The van der Waals surface area contributed by atoms with Crippen LogP contribution in [0.2, 0.25) is 0 Å². The topological polar surface area (TPSA) is 196 Å². The average Bonchev–Trinajstić information content (AvgIpc) is 2.18. The standard InChI is InChI=1S/C6H12O6.H2O4S/c7-1-2(8)4(10)6(12)5(11)3(1)9;1-5(2,3)4/h1-12H;(H2,1,2,3,4). The van der Waals surface area contributed by atoms with Crippen LogP contribution in [0.1, 0.15) is 0 Å². The van der Waals surface area contributed by atoms with Crippen molar-refractivity contribution < 1.29 is 48.2 Å². The van der Waals surface area contributed by atoms with Gasteiger partial charge >= 0.3 is 10.4 Å². The van der Waals surface area contributed by atoms with Crippen molar-refractivity contribution in [3.05, 3.63) is 0 Å². The third-order valence-electron chi connectivity index (χ3n) is 2.10. The lowest BCUT2D eigenvalue weighted by Gasteiger charge is -2.39. The first-order valence-electron chi connectivity index (χ1n) is 4.25. The summed E-state index contributed by atoms with van der Waals surface area (Å²) in [6.45, 7) is 0. The van der Waals surface area contributed by atoms with Crippen molar-refractivity contribution in [2.45, 2.75) is 36.6 Å². The summed E-state index contributed by atoms with van der Waals surface area (Å²) in [5.41, 5.74) is 0. The van der Waals surface area contributed by atoms with E-state index in [2.05, 4.69) is 0 Å². The first kappa shape index (κ1) is 16.6. The smallest absolute Gasteiger partial charge is 0.387 e. The zero-order valence-corrected chi connectivity index (χ0v) is 9.08. The van der Waals surface area contributed by atoms with Crippen LogP contribution >= 0.6 is 0 Å². The van der Waals surface area contributed by atoms with Crippen LogP contribution in [0.25, 0.3) is 0 Å². The van der Waals surface area contributed by atoms with E-state index in [1.165, 1.54) is 0 Å². The van der Waals surface area contributed by atoms with Crippen LogP contribution < -0.4 is 0 Å². The van der Waals surface area contributed by atoms with Crippen molar-refractivity contribution in [1.82, 2.24) is 0 Å². The maximum atomic E-state index is 8.97. The van der Waals surface area contributed by atoms with Crippen LogP contribution in [0, 0.1) is 0 Å². The van der Waals surface area contributed by atoms with Gasteiger partial charge in [-0.15, -0.1) is 0 Å². The molecule has 1 fully saturated rings. The Balaban J connectivity index is 0.000000437. The summed E-state index contributed by atoms with van der Waals surface area (Å²) >= 11 is 0. The van der Waals surface area contributed by atoms with Crippen molar-refractivity contribution in [2.75, 3.05) is 0 Å². The molecule has 1 saturated carbocycles. The first-order chi connectivity index (χ1) is 7.46. The molecule has 0 amide bonds. The molecule has 0 radical (unpaired) electrons. The van der Waals surface area contributed by atoms with Crippen molar-refractivity contribution in [3.63, 3.8) is 0 Å². The normalized spacial score (nSPS) is 42.6. The molecule has 1 rings (SSSR count). The Morgan fingerprint density at radius 3 is 0.647 bits per heavy atom. The molecule has 0 saturated heterocycles. The van der Waals surface area contributed by atoms with Crippen molar-refractivity contribution in [3.8, 4) is 0 Å². The molecule has 8 N–H and O–H groups in total. The fraction of sp³-hybridized carbons (Fsp3) is 1.00. The molecule has 0 spiro atoms. The zero-order valence-electron chi connectivity index (χ0n) is 8.27. The van der Waals surface area contributed by atoms with Gasteiger partial charge in [-0.3, -0.25) is 9.11 Å². The van der Waals surface area contributed by atoms with Crippen LogP contribution in [0.15, 0.2) is 0 Å². The van der Waals surface area contributed by atoms with E-state index in [0.29, 0.717) is 0 Å². The molecule has 0 aromatic heterocycles. The minimum absolute atomic E-state index is 1.64. The summed E-state index contributed by atoms with van der Waals surface area (Å²) in [6, 6.07) is 0. The lowest BCUT2D eigenvalue weighted by atomic mass is 9.85. The predicted octanol–water partition coefficient (Wildman–Crippen LogP) is -4.49. The van der Waals surface area contributed by atoms with Crippen LogP contribution in [-0.4, -0.2) is 84.8 Å². The van der Waals surface area contributed by atoms with Gasteiger partial charge < -0.3 is 30.6 Å². The molecule has 0 unspecified atom stereocenters. The van der Waals surface area contributed by atoms with Gasteiger partial charge in [0.15, 0.2) is 0 Å². The van der Waals surface area contributed by atoms with Gasteiger partial charge in [-0.25, -0.2) is 0 Å². The van der Waals surface area contributed by atoms with Gasteiger partial charge in [-0.1, -0.05) is 0 Å². The molecule has 0 aliphatic heterocycles. The molecular weight excluding hydrogens is 264 g/mol. The van der Waals surface area contributed by atoms with Crippen LogP contribution in [0.4, 0.5) is 0 Å². The van der Waals surface area contributed by atoms with Gasteiger partial charge in [-0.05, 0) is 0 Å². The molecule has 104 valence electrons. The van der Waals surface area contributed by atoms with Crippen molar-refractivity contribution in [1.29, 1.82) is 0 Å². The highest BCUT2D eigenvalue weighted by atomic mass is 32.3. The fourth-order valence-electron chi connectivity index (χ4n) is 1.21. The monoisotopic (exact) mass is 278 g/mol. The van der Waals surface area contributed by atoms with Gasteiger partial charge in [0.1, 0.15) is 36.6 Å². The predicted molar refractivity (Wildman–Crippen MR) is 50.2 cm³/mol. The summed E-state index contributed by atoms with van der Waals surface area (Å²) in [5.74, 6) is 0. The van der Waals surface area contributed by atoms with Gasteiger partial charge in [0, 0.05) is 0 Å². The highest BCUT2D eigenvalue weighted by Crippen LogP contribution is 2.20. The van der Waals surface area contributed by atoms with Crippen molar-refractivity contribution in [2.24, 2.45) is 0 Å². The quantitative estimate of drug-likeness (QED) is 0.200. The maximum Gasteiger partial charge on any atom is 0.394 e. The Morgan fingerprint density at radius 2 is 0.588 bits per heavy atom. The molecule has 0 aromatic carbocycles. The number of hydrogen-bond donors (Lipinski definition) is 8. The largest absolute Gasteiger partial charge is 0.394 e. The maximum absolute atomic E-state index is 8.97. The summed E-state index contributed by atoms with van der Waals surface area (Å²) in [6.07, 6.45) is -9.84. The minimum atomic E-state index is -4.67. The summed E-state index contributed by atoms with van der Waals surface area (Å²) in [5, 5.41) is 53.8. The van der Waals surface area contributed by atoms with E-state index in [0.717, 1.165) is 0 Å². The lowest BCUT2D eigenvalue weighted by Crippen LogP contribution is -2.63. The van der Waals surface area contributed by atoms with Gasteiger partial charge in [0.2, 0.25) is 0 Å². The molecule has 10 nitrogen and oxygen atoms in total. The molecule has 17 heavy (non-hydrogen) atoms. The molecule has 11 heteroatoms. The van der Waals surface area contributed by atoms with Crippen molar-refractivity contribution >= 4 is 10.4 Å². The van der Waals surface area contributed by atoms with E-state index in [9.17, 15) is 0 Å². The highest BCUT2D eigenvalue weighted by molar-refractivity contribution is 7.79. The van der Waals surface area contributed by atoms with Crippen LogP contribution in [-0.2, 0) is 10.4 Å². The molecule has 1 aliphatic carbocycles. The van der Waals surface area contributed by atoms with Gasteiger partial charge in [0.25, 0.3) is 0 Å². The Morgan fingerprint density at radius 1 is 0.529 bits per heavy atom. The van der Waals surface area contributed by atoms with Crippen LogP contribution in [0.5, 0.6) is 0 Å². The first-order valence-corrected chi connectivity index (χ1v) is 5.64. The van der Waals surface area contributed by atoms with E-state index in [1.54, 1.807) is 0 Å². The second-order valence-corrected chi connectivity index (χ2v) is 4.29. The Kier molecular flexibility index (Phi) is 5.86.